The Morgan fingerprint density at radius 3 is 2.79 bits per heavy atom. The number of carbonyl (C=O) groups excluding carboxylic acids is 1. The predicted octanol–water partition coefficient (Wildman–Crippen LogP) is 3.00. The Hall–Kier alpha value is -3.15. The lowest BCUT2D eigenvalue weighted by molar-refractivity contribution is -0.133. The molecular formula is C23H23N3O3. The lowest BCUT2D eigenvalue weighted by Crippen LogP contribution is -2.49. The van der Waals surface area contributed by atoms with Crippen LogP contribution in [0.25, 0.3) is 11.3 Å². The number of benzene rings is 1. The van der Waals surface area contributed by atoms with Crippen molar-refractivity contribution in [2.75, 3.05) is 13.1 Å². The molecule has 2 aromatic heterocycles. The predicted molar refractivity (Wildman–Crippen MR) is 109 cm³/mol. The molecule has 1 amide bonds. The molecule has 0 spiro atoms. The van der Waals surface area contributed by atoms with Crippen LogP contribution in [0.2, 0.25) is 0 Å². The minimum atomic E-state index is 0.0585. The highest BCUT2D eigenvalue weighted by Crippen LogP contribution is 2.35. The molecule has 2 unspecified atom stereocenters. The van der Waals surface area contributed by atoms with E-state index in [2.05, 4.69) is 5.16 Å². The molecule has 3 aromatic rings. The molecule has 29 heavy (non-hydrogen) atoms. The molecule has 0 N–H and O–H groups in total. The Labute approximate surface area is 168 Å². The van der Waals surface area contributed by atoms with Gasteiger partial charge in [0.15, 0.2) is 5.76 Å². The van der Waals surface area contributed by atoms with Gasteiger partial charge in [0.1, 0.15) is 0 Å². The van der Waals surface area contributed by atoms with Gasteiger partial charge in [-0.25, -0.2) is 0 Å². The van der Waals surface area contributed by atoms with E-state index < -0.39 is 0 Å². The third-order valence-corrected chi connectivity index (χ3v) is 6.06. The van der Waals surface area contributed by atoms with Crippen LogP contribution in [0, 0.1) is 12.8 Å². The normalized spacial score (nSPS) is 20.4. The number of hydrogen-bond acceptors (Lipinski definition) is 4. The topological polar surface area (TPSA) is 68.3 Å². The Bertz CT molecular complexity index is 1110. The third kappa shape index (κ3) is 3.39. The molecule has 6 heteroatoms. The molecule has 0 radical (unpaired) electrons. The summed E-state index contributed by atoms with van der Waals surface area (Å²) in [6, 6.07) is 15.3. The Balaban J connectivity index is 1.30. The van der Waals surface area contributed by atoms with E-state index in [1.54, 1.807) is 6.07 Å². The molecule has 2 aliphatic heterocycles. The highest BCUT2D eigenvalue weighted by atomic mass is 16.5. The van der Waals surface area contributed by atoms with Gasteiger partial charge in [-0.2, -0.15) is 0 Å². The van der Waals surface area contributed by atoms with Crippen LogP contribution in [0.3, 0.4) is 0 Å². The van der Waals surface area contributed by atoms with Crippen molar-refractivity contribution in [1.29, 1.82) is 0 Å². The van der Waals surface area contributed by atoms with Gasteiger partial charge in [0, 0.05) is 48.9 Å². The average molecular weight is 389 g/mol. The van der Waals surface area contributed by atoms with Crippen molar-refractivity contribution in [3.05, 3.63) is 75.8 Å². The van der Waals surface area contributed by atoms with Gasteiger partial charge in [-0.1, -0.05) is 41.1 Å². The summed E-state index contributed by atoms with van der Waals surface area (Å²) in [5.41, 5.74) is 3.90. The van der Waals surface area contributed by atoms with Gasteiger partial charge in [-0.15, -0.1) is 0 Å². The maximum atomic E-state index is 12.9. The van der Waals surface area contributed by atoms with Gasteiger partial charge in [-0.3, -0.25) is 9.59 Å². The van der Waals surface area contributed by atoms with Gasteiger partial charge < -0.3 is 14.0 Å². The average Bonchev–Trinajstić information content (AvgIpc) is 3.18. The van der Waals surface area contributed by atoms with Gasteiger partial charge in [0.05, 0.1) is 12.1 Å². The van der Waals surface area contributed by atoms with E-state index in [0.29, 0.717) is 37.0 Å². The molecule has 6 nitrogen and oxygen atoms in total. The summed E-state index contributed by atoms with van der Waals surface area (Å²) in [6.07, 6.45) is 1.27. The zero-order chi connectivity index (χ0) is 20.0. The number of hydrogen-bond donors (Lipinski definition) is 0. The summed E-state index contributed by atoms with van der Waals surface area (Å²) in [6.45, 7) is 4.08. The quantitative estimate of drug-likeness (QED) is 0.691. The molecular weight excluding hydrogens is 366 g/mol. The van der Waals surface area contributed by atoms with Crippen LogP contribution < -0.4 is 5.56 Å². The van der Waals surface area contributed by atoms with Crippen molar-refractivity contribution in [3.63, 3.8) is 0 Å². The number of aryl methyl sites for hydroxylation is 1. The van der Waals surface area contributed by atoms with E-state index >= 15 is 0 Å². The molecule has 0 saturated carbocycles. The van der Waals surface area contributed by atoms with Gasteiger partial charge in [-0.05, 0) is 25.3 Å². The highest BCUT2D eigenvalue weighted by Gasteiger charge is 2.36. The van der Waals surface area contributed by atoms with Crippen LogP contribution in [0.1, 0.15) is 29.3 Å². The first-order valence-corrected chi connectivity index (χ1v) is 10.1. The Morgan fingerprint density at radius 2 is 1.97 bits per heavy atom. The molecule has 0 aliphatic carbocycles. The minimum Gasteiger partial charge on any atom is -0.356 e. The molecule has 2 aliphatic rings. The zero-order valence-electron chi connectivity index (χ0n) is 16.4. The van der Waals surface area contributed by atoms with E-state index in [4.69, 9.17) is 4.52 Å². The van der Waals surface area contributed by atoms with Crippen LogP contribution in [-0.2, 0) is 17.8 Å². The number of carbonyl (C=O) groups is 1. The molecule has 2 bridgehead atoms. The van der Waals surface area contributed by atoms with Crippen LogP contribution in [-0.4, -0.2) is 33.6 Å². The lowest BCUT2D eigenvalue weighted by atomic mass is 9.83. The maximum Gasteiger partial charge on any atom is 0.250 e. The number of likely N-dealkylation sites (tertiary alicyclic amines) is 1. The number of fused-ring (bicyclic) bond motifs is 4. The Morgan fingerprint density at radius 1 is 1.14 bits per heavy atom. The number of nitrogens with zero attached hydrogens (tertiary/aromatic N) is 3. The number of rotatable bonds is 3. The largest absolute Gasteiger partial charge is 0.356 e. The summed E-state index contributed by atoms with van der Waals surface area (Å²) < 4.78 is 7.34. The van der Waals surface area contributed by atoms with Crippen molar-refractivity contribution >= 4 is 5.91 Å². The fourth-order valence-electron chi connectivity index (χ4n) is 4.62. The first-order valence-electron chi connectivity index (χ1n) is 10.1. The van der Waals surface area contributed by atoms with Gasteiger partial charge in [0.25, 0.3) is 5.56 Å². The van der Waals surface area contributed by atoms with E-state index in [1.165, 1.54) is 5.56 Å². The van der Waals surface area contributed by atoms with Gasteiger partial charge in [0.2, 0.25) is 5.91 Å². The molecule has 2 atom stereocenters. The van der Waals surface area contributed by atoms with Crippen LogP contribution in [0.4, 0.5) is 0 Å². The van der Waals surface area contributed by atoms with Crippen molar-refractivity contribution < 1.29 is 9.32 Å². The standard InChI is InChI=1S/C23H23N3O3/c1-15-5-7-17(8-6-15)21-10-19(24-29-21)11-23(28)25-12-16-9-18(14-25)20-3-2-4-22(27)26(20)13-16/h2-8,10,16,18H,9,11-14H2,1H3. The molecule has 1 saturated heterocycles. The van der Waals surface area contributed by atoms with Crippen molar-refractivity contribution in [3.8, 4) is 11.3 Å². The summed E-state index contributed by atoms with van der Waals surface area (Å²) in [4.78, 5) is 27.0. The Kier molecular flexibility index (Phi) is 4.34. The number of pyridine rings is 1. The lowest BCUT2D eigenvalue weighted by Gasteiger charge is -2.42. The van der Waals surface area contributed by atoms with Gasteiger partial charge >= 0.3 is 0 Å². The molecule has 1 aromatic carbocycles. The molecule has 148 valence electrons. The van der Waals surface area contributed by atoms with Crippen molar-refractivity contribution in [2.24, 2.45) is 5.92 Å². The van der Waals surface area contributed by atoms with E-state index in [1.807, 2.05) is 58.9 Å². The fraction of sp³-hybridized carbons (Fsp3) is 0.348. The first kappa shape index (κ1) is 17.9. The summed E-state index contributed by atoms with van der Waals surface area (Å²) >= 11 is 0. The van der Waals surface area contributed by atoms with Crippen molar-refractivity contribution in [2.45, 2.75) is 32.2 Å². The monoisotopic (exact) mass is 389 g/mol. The van der Waals surface area contributed by atoms with Crippen molar-refractivity contribution in [1.82, 2.24) is 14.6 Å². The summed E-state index contributed by atoms with van der Waals surface area (Å²) in [7, 11) is 0. The third-order valence-electron chi connectivity index (χ3n) is 6.06. The first-order chi connectivity index (χ1) is 14.1. The molecule has 4 heterocycles. The van der Waals surface area contributed by atoms with E-state index in [-0.39, 0.29) is 23.8 Å². The zero-order valence-corrected chi connectivity index (χ0v) is 16.4. The van der Waals surface area contributed by atoms with E-state index in [9.17, 15) is 9.59 Å². The fourth-order valence-corrected chi connectivity index (χ4v) is 4.62. The second-order valence-electron chi connectivity index (χ2n) is 8.22. The summed E-state index contributed by atoms with van der Waals surface area (Å²) in [5.74, 6) is 1.29. The molecule has 1 fully saturated rings. The van der Waals surface area contributed by atoms with Crippen LogP contribution in [0.15, 0.2) is 57.8 Å². The minimum absolute atomic E-state index is 0.0585. The highest BCUT2D eigenvalue weighted by molar-refractivity contribution is 5.79. The number of aromatic nitrogens is 2. The SMILES string of the molecule is Cc1ccc(-c2cc(CC(=O)N3CC4CC(C3)c3cccc(=O)n3C4)no2)cc1. The maximum absolute atomic E-state index is 12.9. The second kappa shape index (κ2) is 7.03. The smallest absolute Gasteiger partial charge is 0.250 e. The van der Waals surface area contributed by atoms with Crippen LogP contribution >= 0.6 is 0 Å². The number of amides is 1. The second-order valence-corrected chi connectivity index (χ2v) is 8.22. The summed E-state index contributed by atoms with van der Waals surface area (Å²) in [5, 5.41) is 4.10. The van der Waals surface area contributed by atoms with E-state index in [0.717, 1.165) is 17.7 Å². The number of piperidine rings is 1. The molecule has 5 rings (SSSR count). The van der Waals surface area contributed by atoms with Crippen LogP contribution in [0.5, 0.6) is 0 Å².